The monoisotopic (exact) mass is 228 g/mol. The Morgan fingerprint density at radius 1 is 1.29 bits per heavy atom. The van der Waals surface area contributed by atoms with Gasteiger partial charge in [0.1, 0.15) is 6.61 Å². The van der Waals surface area contributed by atoms with Crippen molar-refractivity contribution >= 4 is 5.97 Å². The maximum absolute atomic E-state index is 11.7. The molecule has 0 N–H and O–H groups in total. The summed E-state index contributed by atoms with van der Waals surface area (Å²) in [5, 5.41) is 0. The van der Waals surface area contributed by atoms with Crippen molar-refractivity contribution in [2.75, 3.05) is 6.61 Å². The van der Waals surface area contributed by atoms with Gasteiger partial charge < -0.3 is 4.74 Å². The molecular weight excluding hydrogens is 212 g/mol. The van der Waals surface area contributed by atoms with E-state index in [9.17, 15) is 4.79 Å². The Bertz CT molecular complexity index is 449. The number of cyclic esters (lactones) is 1. The summed E-state index contributed by atoms with van der Waals surface area (Å²) in [7, 11) is 0. The molecule has 1 aromatic rings. The third-order valence-electron chi connectivity index (χ3n) is 3.91. The van der Waals surface area contributed by atoms with E-state index >= 15 is 0 Å². The largest absolute Gasteiger partial charge is 0.464 e. The Labute approximate surface area is 101 Å². The summed E-state index contributed by atoms with van der Waals surface area (Å²) in [5.41, 5.74) is 1.19. The van der Waals surface area contributed by atoms with Gasteiger partial charge in [0, 0.05) is 5.41 Å². The molecule has 1 heterocycles. The third kappa shape index (κ3) is 1.78. The number of fused-ring (bicyclic) bond motifs is 1. The first-order chi connectivity index (χ1) is 8.30. The Morgan fingerprint density at radius 3 is 2.94 bits per heavy atom. The Hall–Kier alpha value is -1.57. The lowest BCUT2D eigenvalue weighted by atomic mass is 9.69. The number of rotatable bonds is 2. The van der Waals surface area contributed by atoms with Crippen molar-refractivity contribution in [2.45, 2.75) is 19.3 Å². The number of carbonyl (C=O) groups is 1. The predicted octanol–water partition coefficient (Wildman–Crippen LogP) is 2.74. The number of allylic oxidation sites excluding steroid dienone is 1. The smallest absolute Gasteiger partial charge is 0.310 e. The van der Waals surface area contributed by atoms with Crippen molar-refractivity contribution in [1.29, 1.82) is 0 Å². The lowest BCUT2D eigenvalue weighted by Crippen LogP contribution is -2.33. The van der Waals surface area contributed by atoms with Gasteiger partial charge in [-0.15, -0.1) is 0 Å². The summed E-state index contributed by atoms with van der Waals surface area (Å²) in [4.78, 5) is 11.7. The number of hydrogen-bond donors (Lipinski definition) is 0. The summed E-state index contributed by atoms with van der Waals surface area (Å²) in [6, 6.07) is 10.4. The second kappa shape index (κ2) is 4.02. The van der Waals surface area contributed by atoms with Crippen LogP contribution < -0.4 is 0 Å². The van der Waals surface area contributed by atoms with E-state index in [0.717, 1.165) is 19.3 Å². The maximum Gasteiger partial charge on any atom is 0.310 e. The fourth-order valence-electron chi connectivity index (χ4n) is 3.00. The Kier molecular flexibility index (Phi) is 2.50. The van der Waals surface area contributed by atoms with Crippen LogP contribution in [0.1, 0.15) is 18.4 Å². The highest BCUT2D eigenvalue weighted by Gasteiger charge is 2.49. The molecule has 0 saturated carbocycles. The van der Waals surface area contributed by atoms with E-state index in [4.69, 9.17) is 4.74 Å². The molecule has 0 radical (unpaired) electrons. The first-order valence-electron chi connectivity index (χ1n) is 6.18. The van der Waals surface area contributed by atoms with Gasteiger partial charge >= 0.3 is 5.97 Å². The molecule has 3 rings (SSSR count). The minimum atomic E-state index is -0.0866. The molecule has 0 spiro atoms. The first kappa shape index (κ1) is 10.6. The van der Waals surface area contributed by atoms with Crippen LogP contribution in [0.4, 0.5) is 0 Å². The minimum Gasteiger partial charge on any atom is -0.464 e. The summed E-state index contributed by atoms with van der Waals surface area (Å²) in [6.07, 6.45) is 7.24. The van der Waals surface area contributed by atoms with Crippen molar-refractivity contribution in [3.8, 4) is 0 Å². The molecular formula is C15H16O2. The molecule has 1 fully saturated rings. The molecule has 0 unspecified atom stereocenters. The molecule has 0 aromatic heterocycles. The van der Waals surface area contributed by atoms with E-state index < -0.39 is 0 Å². The molecule has 17 heavy (non-hydrogen) atoms. The Balaban J connectivity index is 1.91. The Morgan fingerprint density at radius 2 is 2.12 bits per heavy atom. The van der Waals surface area contributed by atoms with Crippen LogP contribution >= 0.6 is 0 Å². The highest BCUT2D eigenvalue weighted by atomic mass is 16.5. The molecule has 0 amide bonds. The summed E-state index contributed by atoms with van der Waals surface area (Å²) in [6.45, 7) is 0.544. The van der Waals surface area contributed by atoms with E-state index in [1.165, 1.54) is 5.56 Å². The lowest BCUT2D eigenvalue weighted by molar-refractivity contribution is -0.141. The van der Waals surface area contributed by atoms with E-state index in [-0.39, 0.29) is 17.3 Å². The predicted molar refractivity (Wildman–Crippen MR) is 65.4 cm³/mol. The van der Waals surface area contributed by atoms with Gasteiger partial charge in [0.15, 0.2) is 0 Å². The maximum atomic E-state index is 11.7. The topological polar surface area (TPSA) is 26.3 Å². The van der Waals surface area contributed by atoms with Gasteiger partial charge in [0.05, 0.1) is 5.92 Å². The van der Waals surface area contributed by atoms with E-state index in [2.05, 4.69) is 24.3 Å². The van der Waals surface area contributed by atoms with Crippen LogP contribution in [0.5, 0.6) is 0 Å². The quantitative estimate of drug-likeness (QED) is 0.574. The van der Waals surface area contributed by atoms with Crippen LogP contribution in [0.2, 0.25) is 0 Å². The number of carbonyl (C=O) groups excluding carboxylic acids is 1. The van der Waals surface area contributed by atoms with Crippen molar-refractivity contribution in [1.82, 2.24) is 0 Å². The van der Waals surface area contributed by atoms with Crippen LogP contribution in [0.3, 0.4) is 0 Å². The SMILES string of the molecule is O=C1OC[C@@]2(Cc3ccccc3)C=CCC[C@@H]12. The molecule has 1 aliphatic carbocycles. The van der Waals surface area contributed by atoms with Gasteiger partial charge in [0.25, 0.3) is 0 Å². The molecule has 0 bridgehead atoms. The molecule has 1 aliphatic heterocycles. The number of benzene rings is 1. The van der Waals surface area contributed by atoms with Gasteiger partial charge in [-0.3, -0.25) is 4.79 Å². The number of ether oxygens (including phenoxy) is 1. The number of esters is 1. The first-order valence-corrected chi connectivity index (χ1v) is 6.18. The van der Waals surface area contributed by atoms with Crippen LogP contribution in [-0.4, -0.2) is 12.6 Å². The molecule has 1 saturated heterocycles. The average molecular weight is 228 g/mol. The summed E-state index contributed by atoms with van der Waals surface area (Å²) >= 11 is 0. The highest BCUT2D eigenvalue weighted by Crippen LogP contribution is 2.44. The lowest BCUT2D eigenvalue weighted by Gasteiger charge is -2.31. The van der Waals surface area contributed by atoms with Crippen molar-refractivity contribution in [3.63, 3.8) is 0 Å². The van der Waals surface area contributed by atoms with Gasteiger partial charge in [-0.05, 0) is 24.8 Å². The zero-order valence-electron chi connectivity index (χ0n) is 9.76. The summed E-state index contributed by atoms with van der Waals surface area (Å²) in [5.74, 6) is 0.0537. The second-order valence-electron chi connectivity index (χ2n) is 5.04. The standard InChI is InChI=1S/C15H16O2/c16-14-13-8-4-5-9-15(13,11-17-14)10-12-6-2-1-3-7-12/h1-3,5-7,9,13H,4,8,10-11H2/t13-,15-/m0/s1. The second-order valence-corrected chi connectivity index (χ2v) is 5.04. The fraction of sp³-hybridized carbons (Fsp3) is 0.400. The normalized spacial score (nSPS) is 31.1. The van der Waals surface area contributed by atoms with E-state index in [1.54, 1.807) is 0 Å². The van der Waals surface area contributed by atoms with Crippen LogP contribution in [-0.2, 0) is 16.0 Å². The molecule has 2 nitrogen and oxygen atoms in total. The van der Waals surface area contributed by atoms with E-state index in [1.807, 2.05) is 18.2 Å². The number of hydrogen-bond acceptors (Lipinski definition) is 2. The fourth-order valence-corrected chi connectivity index (χ4v) is 3.00. The zero-order chi connectivity index (χ0) is 11.7. The highest BCUT2D eigenvalue weighted by molar-refractivity contribution is 5.76. The molecule has 2 atom stereocenters. The average Bonchev–Trinajstić information content (AvgIpc) is 2.69. The van der Waals surface area contributed by atoms with Crippen molar-refractivity contribution < 1.29 is 9.53 Å². The van der Waals surface area contributed by atoms with Gasteiger partial charge in [-0.2, -0.15) is 0 Å². The molecule has 1 aromatic carbocycles. The third-order valence-corrected chi connectivity index (χ3v) is 3.91. The molecule has 2 aliphatic rings. The van der Waals surface area contributed by atoms with Gasteiger partial charge in [-0.25, -0.2) is 0 Å². The van der Waals surface area contributed by atoms with E-state index in [0.29, 0.717) is 6.61 Å². The molecule has 2 heteroatoms. The zero-order valence-corrected chi connectivity index (χ0v) is 9.76. The van der Waals surface area contributed by atoms with Crippen LogP contribution in [0.15, 0.2) is 42.5 Å². The van der Waals surface area contributed by atoms with Gasteiger partial charge in [-0.1, -0.05) is 42.5 Å². The minimum absolute atomic E-state index is 0.00900. The van der Waals surface area contributed by atoms with Crippen molar-refractivity contribution in [2.24, 2.45) is 11.3 Å². The van der Waals surface area contributed by atoms with Crippen LogP contribution in [0, 0.1) is 11.3 Å². The molecule has 88 valence electrons. The summed E-state index contributed by atoms with van der Waals surface area (Å²) < 4.78 is 5.29. The van der Waals surface area contributed by atoms with Gasteiger partial charge in [0.2, 0.25) is 0 Å². The van der Waals surface area contributed by atoms with Crippen LogP contribution in [0.25, 0.3) is 0 Å². The van der Waals surface area contributed by atoms with Crippen molar-refractivity contribution in [3.05, 3.63) is 48.0 Å².